The van der Waals surface area contributed by atoms with Crippen LogP contribution in [0.4, 0.5) is 0 Å². The minimum Gasteiger partial charge on any atom is -0.339 e. The second kappa shape index (κ2) is 3.97. The van der Waals surface area contributed by atoms with E-state index in [1.54, 1.807) is 4.68 Å². The summed E-state index contributed by atoms with van der Waals surface area (Å²) >= 11 is 0. The molecule has 4 heteroatoms. The number of carbonyl (C=O) groups is 1. The number of aromatic nitrogens is 2. The van der Waals surface area contributed by atoms with E-state index in [0.717, 1.165) is 11.3 Å². The highest BCUT2D eigenvalue weighted by Gasteiger charge is 2.12. The molecule has 1 heterocycles. The molecule has 1 rings (SSSR count). The minimum absolute atomic E-state index is 0.104. The molecule has 1 atom stereocenters. The molecular formula is C10H13N3O. The Labute approximate surface area is 83.3 Å². The van der Waals surface area contributed by atoms with Crippen LogP contribution in [0.25, 0.3) is 0 Å². The zero-order chi connectivity index (χ0) is 10.7. The van der Waals surface area contributed by atoms with Gasteiger partial charge in [-0.3, -0.25) is 9.48 Å². The van der Waals surface area contributed by atoms with Crippen LogP contribution in [0.3, 0.4) is 0 Å². The first kappa shape index (κ1) is 10.3. The molecule has 4 nitrogen and oxygen atoms in total. The Balaban J connectivity index is 2.80. The van der Waals surface area contributed by atoms with Crippen LogP contribution in [0.15, 0.2) is 6.20 Å². The van der Waals surface area contributed by atoms with Gasteiger partial charge in [-0.25, -0.2) is 0 Å². The first-order chi connectivity index (χ1) is 6.54. The zero-order valence-corrected chi connectivity index (χ0v) is 8.53. The number of terminal acetylenes is 1. The Morgan fingerprint density at radius 1 is 1.79 bits per heavy atom. The van der Waals surface area contributed by atoms with Crippen molar-refractivity contribution in [2.75, 3.05) is 0 Å². The maximum absolute atomic E-state index is 10.9. The lowest BCUT2D eigenvalue weighted by Gasteiger charge is -2.09. The number of carbonyl (C=O) groups excluding carboxylic acids is 1. The van der Waals surface area contributed by atoms with Gasteiger partial charge in [-0.1, -0.05) is 0 Å². The Kier molecular flexibility index (Phi) is 2.92. The number of aryl methyl sites for hydroxylation is 2. The highest BCUT2D eigenvalue weighted by atomic mass is 16.1. The van der Waals surface area contributed by atoms with Gasteiger partial charge in [0, 0.05) is 18.8 Å². The molecule has 0 spiro atoms. The fourth-order valence-corrected chi connectivity index (χ4v) is 1.36. The lowest BCUT2D eigenvalue weighted by molar-refractivity contribution is -0.116. The van der Waals surface area contributed by atoms with E-state index in [9.17, 15) is 4.79 Å². The van der Waals surface area contributed by atoms with E-state index < -0.39 is 5.91 Å². The molecule has 14 heavy (non-hydrogen) atoms. The summed E-state index contributed by atoms with van der Waals surface area (Å²) in [7, 11) is 1.84. The fourth-order valence-electron chi connectivity index (χ4n) is 1.36. The molecule has 1 unspecified atom stereocenters. The maximum Gasteiger partial charge on any atom is 0.296 e. The Morgan fingerprint density at radius 3 is 2.86 bits per heavy atom. The average molecular weight is 191 g/mol. The summed E-state index contributed by atoms with van der Waals surface area (Å²) in [5.41, 5.74) is 1.88. The third-order valence-electron chi connectivity index (χ3n) is 2.00. The van der Waals surface area contributed by atoms with Gasteiger partial charge < -0.3 is 5.32 Å². The van der Waals surface area contributed by atoms with E-state index in [1.807, 2.05) is 33.0 Å². The third-order valence-corrected chi connectivity index (χ3v) is 2.00. The quantitative estimate of drug-likeness (QED) is 0.693. The third kappa shape index (κ3) is 2.13. The molecule has 1 aromatic rings. The van der Waals surface area contributed by atoms with E-state index in [2.05, 4.69) is 10.4 Å². The van der Waals surface area contributed by atoms with E-state index >= 15 is 0 Å². The van der Waals surface area contributed by atoms with Gasteiger partial charge in [0.1, 0.15) is 0 Å². The SMILES string of the molecule is C#CC(=O)NC(C)c1cn(C)nc1C. The van der Waals surface area contributed by atoms with Gasteiger partial charge in [0.05, 0.1) is 11.7 Å². The van der Waals surface area contributed by atoms with Gasteiger partial charge in [-0.2, -0.15) is 5.10 Å². The van der Waals surface area contributed by atoms with Crippen LogP contribution in [0.1, 0.15) is 24.2 Å². The van der Waals surface area contributed by atoms with Gasteiger partial charge in [0.15, 0.2) is 0 Å². The Bertz CT molecular complexity index is 387. The van der Waals surface area contributed by atoms with Crippen molar-refractivity contribution >= 4 is 5.91 Å². The van der Waals surface area contributed by atoms with Crippen LogP contribution in [-0.4, -0.2) is 15.7 Å². The summed E-state index contributed by atoms with van der Waals surface area (Å²) in [6.45, 7) is 3.77. The lowest BCUT2D eigenvalue weighted by Crippen LogP contribution is -2.25. The molecule has 0 saturated carbocycles. The summed E-state index contributed by atoms with van der Waals surface area (Å²) in [6.07, 6.45) is 6.83. The predicted octanol–water partition coefficient (Wildman–Crippen LogP) is 0.539. The predicted molar refractivity (Wildman–Crippen MR) is 53.3 cm³/mol. The normalized spacial score (nSPS) is 11.9. The molecule has 74 valence electrons. The van der Waals surface area contributed by atoms with Crippen molar-refractivity contribution in [2.24, 2.45) is 7.05 Å². The van der Waals surface area contributed by atoms with Crippen LogP contribution in [-0.2, 0) is 11.8 Å². The molecule has 0 fully saturated rings. The molecule has 0 saturated heterocycles. The molecule has 1 amide bonds. The van der Waals surface area contributed by atoms with Crippen molar-refractivity contribution in [3.63, 3.8) is 0 Å². The average Bonchev–Trinajstić information content (AvgIpc) is 2.45. The topological polar surface area (TPSA) is 46.9 Å². The number of nitrogens with zero attached hydrogens (tertiary/aromatic N) is 2. The lowest BCUT2D eigenvalue weighted by atomic mass is 10.1. The largest absolute Gasteiger partial charge is 0.339 e. The van der Waals surface area contributed by atoms with Crippen LogP contribution >= 0.6 is 0 Å². The van der Waals surface area contributed by atoms with Crippen molar-refractivity contribution in [3.05, 3.63) is 17.5 Å². The molecule has 1 aromatic heterocycles. The van der Waals surface area contributed by atoms with Crippen molar-refractivity contribution in [1.29, 1.82) is 0 Å². The number of rotatable bonds is 2. The smallest absolute Gasteiger partial charge is 0.296 e. The second-order valence-electron chi connectivity index (χ2n) is 3.18. The number of amides is 1. The second-order valence-corrected chi connectivity index (χ2v) is 3.18. The standard InChI is InChI=1S/C10H13N3O/c1-5-10(14)11-7(2)9-6-13(4)12-8(9)3/h1,6-7H,2-4H3,(H,11,14). The number of nitrogens with one attached hydrogen (secondary N) is 1. The molecule has 1 N–H and O–H groups in total. The summed E-state index contributed by atoms with van der Waals surface area (Å²) < 4.78 is 1.71. The first-order valence-corrected chi connectivity index (χ1v) is 4.32. The van der Waals surface area contributed by atoms with Crippen molar-refractivity contribution in [2.45, 2.75) is 19.9 Å². The van der Waals surface area contributed by atoms with Gasteiger partial charge in [0.25, 0.3) is 5.91 Å². The summed E-state index contributed by atoms with van der Waals surface area (Å²) in [4.78, 5) is 10.9. The highest BCUT2D eigenvalue weighted by molar-refractivity contribution is 5.93. The summed E-state index contributed by atoms with van der Waals surface area (Å²) in [5, 5.41) is 6.85. The summed E-state index contributed by atoms with van der Waals surface area (Å²) in [5.74, 6) is 1.61. The molecule has 0 aliphatic heterocycles. The van der Waals surface area contributed by atoms with Gasteiger partial charge >= 0.3 is 0 Å². The van der Waals surface area contributed by atoms with E-state index in [0.29, 0.717) is 0 Å². The van der Waals surface area contributed by atoms with Crippen LogP contribution in [0.2, 0.25) is 0 Å². The molecule has 0 bridgehead atoms. The zero-order valence-electron chi connectivity index (χ0n) is 8.53. The molecular weight excluding hydrogens is 178 g/mol. The van der Waals surface area contributed by atoms with Crippen molar-refractivity contribution in [3.8, 4) is 12.3 Å². The summed E-state index contributed by atoms with van der Waals surface area (Å²) in [6, 6.07) is -0.104. The Hall–Kier alpha value is -1.76. The van der Waals surface area contributed by atoms with Crippen LogP contribution in [0.5, 0.6) is 0 Å². The maximum atomic E-state index is 10.9. The van der Waals surface area contributed by atoms with Gasteiger partial charge in [-0.05, 0) is 19.8 Å². The highest BCUT2D eigenvalue weighted by Crippen LogP contribution is 2.14. The molecule has 0 radical (unpaired) electrons. The minimum atomic E-state index is -0.402. The monoisotopic (exact) mass is 191 g/mol. The molecule has 0 aliphatic rings. The van der Waals surface area contributed by atoms with E-state index in [4.69, 9.17) is 6.42 Å². The van der Waals surface area contributed by atoms with Gasteiger partial charge in [-0.15, -0.1) is 6.42 Å². The van der Waals surface area contributed by atoms with Crippen LogP contribution in [0, 0.1) is 19.3 Å². The first-order valence-electron chi connectivity index (χ1n) is 4.32. The molecule has 0 aliphatic carbocycles. The van der Waals surface area contributed by atoms with Gasteiger partial charge in [0.2, 0.25) is 0 Å². The fraction of sp³-hybridized carbons (Fsp3) is 0.400. The van der Waals surface area contributed by atoms with Crippen molar-refractivity contribution in [1.82, 2.24) is 15.1 Å². The number of hydrogen-bond acceptors (Lipinski definition) is 2. The Morgan fingerprint density at radius 2 is 2.43 bits per heavy atom. The van der Waals surface area contributed by atoms with Crippen LogP contribution < -0.4 is 5.32 Å². The number of hydrogen-bond donors (Lipinski definition) is 1. The van der Waals surface area contributed by atoms with E-state index in [1.165, 1.54) is 0 Å². The molecule has 0 aromatic carbocycles. The van der Waals surface area contributed by atoms with Crippen molar-refractivity contribution < 1.29 is 4.79 Å². The van der Waals surface area contributed by atoms with E-state index in [-0.39, 0.29) is 6.04 Å².